The van der Waals surface area contributed by atoms with Crippen LogP contribution in [0.5, 0.6) is 0 Å². The van der Waals surface area contributed by atoms with Crippen molar-refractivity contribution < 1.29 is 8.42 Å². The van der Waals surface area contributed by atoms with Crippen molar-refractivity contribution in [2.75, 3.05) is 11.6 Å². The van der Waals surface area contributed by atoms with Crippen LogP contribution in [0.1, 0.15) is 29.6 Å². The molecule has 0 aliphatic carbocycles. The average Bonchev–Trinajstić information content (AvgIpc) is 2.44. The Balaban J connectivity index is 2.17. The van der Waals surface area contributed by atoms with Gasteiger partial charge in [-0.3, -0.25) is 0 Å². The molecule has 0 atom stereocenters. The van der Waals surface area contributed by atoms with Crippen LogP contribution in [-0.2, 0) is 28.6 Å². The Morgan fingerprint density at radius 1 is 1.14 bits per heavy atom. The zero-order valence-electron chi connectivity index (χ0n) is 13.1. The molecule has 0 aliphatic heterocycles. The minimum absolute atomic E-state index is 0.0495. The van der Waals surface area contributed by atoms with Gasteiger partial charge in [0.2, 0.25) is 0 Å². The standard InChI is InChI=1S/C16H21N3O2S/c1-4-15-9-16(19-12(2)18-15)17-10-13-7-5-6-8-14(13)11-22(3,20)21/h5-9H,4,10-11H2,1-3H3,(H,17,18,19). The predicted octanol–water partition coefficient (Wildman–Crippen LogP) is 2.50. The lowest BCUT2D eigenvalue weighted by molar-refractivity contribution is 0.601. The summed E-state index contributed by atoms with van der Waals surface area (Å²) in [6.45, 7) is 4.44. The van der Waals surface area contributed by atoms with E-state index in [2.05, 4.69) is 15.3 Å². The summed E-state index contributed by atoms with van der Waals surface area (Å²) in [7, 11) is -3.05. The molecular weight excluding hydrogens is 298 g/mol. The minimum atomic E-state index is -3.05. The normalized spacial score (nSPS) is 11.4. The number of nitrogens with zero attached hydrogens (tertiary/aromatic N) is 2. The van der Waals surface area contributed by atoms with Gasteiger partial charge in [0.05, 0.1) is 5.75 Å². The molecule has 0 saturated carbocycles. The van der Waals surface area contributed by atoms with Gasteiger partial charge in [0.15, 0.2) is 9.84 Å². The van der Waals surface area contributed by atoms with Crippen molar-refractivity contribution in [1.29, 1.82) is 0 Å². The molecule has 1 N–H and O–H groups in total. The number of aryl methyl sites for hydroxylation is 2. The van der Waals surface area contributed by atoms with Crippen LogP contribution in [0.2, 0.25) is 0 Å². The van der Waals surface area contributed by atoms with Crippen molar-refractivity contribution >= 4 is 15.7 Å². The SMILES string of the molecule is CCc1cc(NCc2ccccc2CS(C)(=O)=O)nc(C)n1. The fourth-order valence-electron chi connectivity index (χ4n) is 2.24. The first-order valence-electron chi connectivity index (χ1n) is 7.20. The third-order valence-corrected chi connectivity index (χ3v) is 4.08. The summed E-state index contributed by atoms with van der Waals surface area (Å²) in [6, 6.07) is 9.47. The first-order valence-corrected chi connectivity index (χ1v) is 9.26. The molecule has 0 aliphatic rings. The largest absolute Gasteiger partial charge is 0.366 e. The number of nitrogens with one attached hydrogen (secondary N) is 1. The topological polar surface area (TPSA) is 72.0 Å². The summed E-state index contributed by atoms with van der Waals surface area (Å²) >= 11 is 0. The van der Waals surface area contributed by atoms with Crippen LogP contribution in [0.15, 0.2) is 30.3 Å². The van der Waals surface area contributed by atoms with E-state index in [1.54, 1.807) is 0 Å². The Morgan fingerprint density at radius 3 is 2.45 bits per heavy atom. The smallest absolute Gasteiger partial charge is 0.151 e. The quantitative estimate of drug-likeness (QED) is 0.885. The first kappa shape index (κ1) is 16.4. The second-order valence-electron chi connectivity index (χ2n) is 5.34. The molecule has 22 heavy (non-hydrogen) atoms. The monoisotopic (exact) mass is 319 g/mol. The van der Waals surface area contributed by atoms with Crippen LogP contribution in [-0.4, -0.2) is 24.6 Å². The highest BCUT2D eigenvalue weighted by Crippen LogP contribution is 2.15. The van der Waals surface area contributed by atoms with E-state index in [0.29, 0.717) is 6.54 Å². The van der Waals surface area contributed by atoms with Gasteiger partial charge in [0.25, 0.3) is 0 Å². The van der Waals surface area contributed by atoms with Crippen molar-refractivity contribution in [1.82, 2.24) is 9.97 Å². The predicted molar refractivity (Wildman–Crippen MR) is 88.5 cm³/mol. The summed E-state index contributed by atoms with van der Waals surface area (Å²) in [6.07, 6.45) is 2.10. The Labute approximate surface area is 131 Å². The number of anilines is 1. The van der Waals surface area contributed by atoms with Crippen LogP contribution in [0.4, 0.5) is 5.82 Å². The van der Waals surface area contributed by atoms with E-state index in [9.17, 15) is 8.42 Å². The van der Waals surface area contributed by atoms with Crippen molar-refractivity contribution in [3.63, 3.8) is 0 Å². The summed E-state index contributed by atoms with van der Waals surface area (Å²) in [5.41, 5.74) is 2.76. The van der Waals surface area contributed by atoms with E-state index < -0.39 is 9.84 Å². The van der Waals surface area contributed by atoms with Gasteiger partial charge in [0, 0.05) is 24.6 Å². The fourth-order valence-corrected chi connectivity index (χ4v) is 3.09. The van der Waals surface area contributed by atoms with E-state index in [0.717, 1.165) is 34.9 Å². The molecule has 0 saturated heterocycles. The second kappa shape index (κ2) is 6.87. The van der Waals surface area contributed by atoms with Crippen LogP contribution in [0.25, 0.3) is 0 Å². The van der Waals surface area contributed by atoms with Gasteiger partial charge in [-0.2, -0.15) is 0 Å². The van der Waals surface area contributed by atoms with Crippen LogP contribution < -0.4 is 5.32 Å². The van der Waals surface area contributed by atoms with Gasteiger partial charge >= 0.3 is 0 Å². The lowest BCUT2D eigenvalue weighted by Crippen LogP contribution is -2.09. The number of hydrogen-bond donors (Lipinski definition) is 1. The maximum Gasteiger partial charge on any atom is 0.151 e. The van der Waals surface area contributed by atoms with Crippen LogP contribution in [0, 0.1) is 6.92 Å². The van der Waals surface area contributed by atoms with Crippen molar-refractivity contribution in [3.05, 3.63) is 53.0 Å². The number of sulfone groups is 1. The van der Waals surface area contributed by atoms with Gasteiger partial charge in [-0.1, -0.05) is 31.2 Å². The molecule has 0 unspecified atom stereocenters. The summed E-state index contributed by atoms with van der Waals surface area (Å²) in [4.78, 5) is 8.70. The van der Waals surface area contributed by atoms with Gasteiger partial charge in [0.1, 0.15) is 11.6 Å². The highest BCUT2D eigenvalue weighted by molar-refractivity contribution is 7.89. The maximum absolute atomic E-state index is 11.5. The summed E-state index contributed by atoms with van der Waals surface area (Å²) < 4.78 is 23.0. The molecule has 0 bridgehead atoms. The molecule has 6 heteroatoms. The van der Waals surface area contributed by atoms with Crippen LogP contribution in [0.3, 0.4) is 0 Å². The minimum Gasteiger partial charge on any atom is -0.366 e. The third kappa shape index (κ3) is 4.80. The molecule has 1 aromatic heterocycles. The van der Waals surface area contributed by atoms with E-state index >= 15 is 0 Å². The highest BCUT2D eigenvalue weighted by atomic mass is 32.2. The number of aromatic nitrogens is 2. The molecular formula is C16H21N3O2S. The average molecular weight is 319 g/mol. The molecule has 2 aromatic rings. The Bertz CT molecular complexity index is 758. The Morgan fingerprint density at radius 2 is 1.82 bits per heavy atom. The molecule has 5 nitrogen and oxygen atoms in total. The number of benzene rings is 1. The highest BCUT2D eigenvalue weighted by Gasteiger charge is 2.09. The van der Waals surface area contributed by atoms with Gasteiger partial charge < -0.3 is 5.32 Å². The zero-order chi connectivity index (χ0) is 16.2. The van der Waals surface area contributed by atoms with E-state index in [1.165, 1.54) is 6.26 Å². The van der Waals surface area contributed by atoms with Crippen molar-refractivity contribution in [3.8, 4) is 0 Å². The third-order valence-electron chi connectivity index (χ3n) is 3.25. The zero-order valence-corrected chi connectivity index (χ0v) is 13.9. The van der Waals surface area contributed by atoms with E-state index in [4.69, 9.17) is 0 Å². The van der Waals surface area contributed by atoms with Crippen molar-refractivity contribution in [2.24, 2.45) is 0 Å². The van der Waals surface area contributed by atoms with E-state index in [-0.39, 0.29) is 5.75 Å². The molecule has 1 heterocycles. The first-order chi connectivity index (χ1) is 10.4. The summed E-state index contributed by atoms with van der Waals surface area (Å²) in [5, 5.41) is 3.26. The van der Waals surface area contributed by atoms with Gasteiger partial charge in [-0.05, 0) is 24.5 Å². The summed E-state index contributed by atoms with van der Waals surface area (Å²) in [5.74, 6) is 1.54. The number of rotatable bonds is 6. The molecule has 0 amide bonds. The molecule has 0 radical (unpaired) electrons. The molecule has 2 rings (SSSR count). The van der Waals surface area contributed by atoms with Gasteiger partial charge in [-0.25, -0.2) is 18.4 Å². The fraction of sp³-hybridized carbons (Fsp3) is 0.375. The molecule has 118 valence electrons. The Kier molecular flexibility index (Phi) is 5.13. The molecule has 0 fully saturated rings. The van der Waals surface area contributed by atoms with Crippen molar-refractivity contribution in [2.45, 2.75) is 32.6 Å². The maximum atomic E-state index is 11.5. The lowest BCUT2D eigenvalue weighted by atomic mass is 10.1. The second-order valence-corrected chi connectivity index (χ2v) is 7.48. The Hall–Kier alpha value is -1.95. The lowest BCUT2D eigenvalue weighted by Gasteiger charge is -2.11. The molecule has 0 spiro atoms. The number of hydrogen-bond acceptors (Lipinski definition) is 5. The molecule has 1 aromatic carbocycles. The van der Waals surface area contributed by atoms with Crippen LogP contribution >= 0.6 is 0 Å². The van der Waals surface area contributed by atoms with Gasteiger partial charge in [-0.15, -0.1) is 0 Å². The van der Waals surface area contributed by atoms with E-state index in [1.807, 2.05) is 44.2 Å².